The molecule has 0 radical (unpaired) electrons. The van der Waals surface area contributed by atoms with E-state index in [0.717, 1.165) is 35.5 Å². The number of hydrogen-bond donors (Lipinski definition) is 0. The molecule has 2 heterocycles. The number of carbonyl (C=O) groups is 1. The smallest absolute Gasteiger partial charge is 0.315 e. The Balaban J connectivity index is 2.23. The number of hydrogen-bond acceptors (Lipinski definition) is 4. The molecule has 2 unspecified atom stereocenters. The van der Waals surface area contributed by atoms with Crippen molar-refractivity contribution in [2.75, 3.05) is 6.61 Å². The van der Waals surface area contributed by atoms with E-state index in [4.69, 9.17) is 4.74 Å². The first-order valence-corrected chi connectivity index (χ1v) is 9.00. The van der Waals surface area contributed by atoms with Gasteiger partial charge in [-0.2, -0.15) is 5.10 Å². The van der Waals surface area contributed by atoms with Gasteiger partial charge in [-0.25, -0.2) is 9.38 Å². The Hall–Kier alpha value is -2.50. The molecule has 0 saturated carbocycles. The van der Waals surface area contributed by atoms with Gasteiger partial charge in [0, 0.05) is 24.2 Å². The number of nitrogens with zero attached hydrogens (tertiary/aromatic N) is 3. The van der Waals surface area contributed by atoms with Crippen LogP contribution in [0.5, 0.6) is 0 Å². The molecule has 0 N–H and O–H groups in total. The van der Waals surface area contributed by atoms with Gasteiger partial charge in [0.1, 0.15) is 11.7 Å². The number of aromatic nitrogens is 2. The lowest BCUT2D eigenvalue weighted by Crippen LogP contribution is -2.33. The molecule has 3 rings (SSSR count). The van der Waals surface area contributed by atoms with Crippen LogP contribution in [0.2, 0.25) is 0 Å². The second-order valence-corrected chi connectivity index (χ2v) is 6.57. The van der Waals surface area contributed by atoms with Gasteiger partial charge in [-0.3, -0.25) is 9.48 Å². The van der Waals surface area contributed by atoms with E-state index in [1.54, 1.807) is 17.7 Å². The van der Waals surface area contributed by atoms with E-state index in [0.29, 0.717) is 12.3 Å². The minimum absolute atomic E-state index is 0.292. The summed E-state index contributed by atoms with van der Waals surface area (Å²) in [5, 5.41) is 4.62. The molecule has 1 aliphatic heterocycles. The number of esters is 1. The summed E-state index contributed by atoms with van der Waals surface area (Å²) in [5.74, 6) is -0.856. The maximum absolute atomic E-state index is 14.0. The maximum atomic E-state index is 14.0. The fourth-order valence-corrected chi connectivity index (χ4v) is 3.70. The van der Waals surface area contributed by atoms with Gasteiger partial charge >= 0.3 is 5.97 Å². The fourth-order valence-electron chi connectivity index (χ4n) is 3.70. The molecule has 1 aliphatic rings. The van der Waals surface area contributed by atoms with E-state index >= 15 is 0 Å². The zero-order valence-corrected chi connectivity index (χ0v) is 15.6. The van der Waals surface area contributed by atoms with Gasteiger partial charge in [0.15, 0.2) is 5.82 Å². The molecular weight excluding hydrogens is 333 g/mol. The highest BCUT2D eigenvalue weighted by Gasteiger charge is 2.41. The van der Waals surface area contributed by atoms with Crippen molar-refractivity contribution < 1.29 is 13.9 Å². The number of ether oxygens (including phenoxy) is 1. The Morgan fingerprint density at radius 3 is 2.77 bits per heavy atom. The third-order valence-corrected chi connectivity index (χ3v) is 4.74. The third-order valence-electron chi connectivity index (χ3n) is 4.74. The summed E-state index contributed by atoms with van der Waals surface area (Å²) < 4.78 is 21.0. The minimum atomic E-state index is -0.580. The lowest BCUT2D eigenvalue weighted by molar-refractivity contribution is -0.146. The van der Waals surface area contributed by atoms with Gasteiger partial charge < -0.3 is 4.74 Å². The first kappa shape index (κ1) is 18.3. The fraction of sp³-hybridized carbons (Fsp3) is 0.450. The molecule has 0 bridgehead atoms. The first-order chi connectivity index (χ1) is 12.5. The molecule has 0 saturated heterocycles. The number of fused-ring (bicyclic) bond motifs is 1. The molecule has 1 aromatic carbocycles. The van der Waals surface area contributed by atoms with E-state index in [-0.39, 0.29) is 17.7 Å². The quantitative estimate of drug-likeness (QED) is 0.762. The number of rotatable bonds is 5. The van der Waals surface area contributed by atoms with Crippen LogP contribution in [0.25, 0.3) is 0 Å². The molecular formula is C20H24FN3O2. The third kappa shape index (κ3) is 3.16. The highest BCUT2D eigenvalue weighted by molar-refractivity contribution is 6.05. The molecule has 0 spiro atoms. The minimum Gasteiger partial charge on any atom is -0.465 e. The maximum Gasteiger partial charge on any atom is 0.315 e. The lowest BCUT2D eigenvalue weighted by atomic mass is 9.76. The number of aryl methyl sites for hydroxylation is 2. The van der Waals surface area contributed by atoms with Crippen molar-refractivity contribution in [2.24, 2.45) is 18.0 Å². The van der Waals surface area contributed by atoms with Crippen LogP contribution < -0.4 is 0 Å². The van der Waals surface area contributed by atoms with E-state index < -0.39 is 5.92 Å². The normalized spacial score (nSPS) is 19.0. The summed E-state index contributed by atoms with van der Waals surface area (Å²) in [4.78, 5) is 17.4. The van der Waals surface area contributed by atoms with Crippen LogP contribution in [0.4, 0.5) is 10.2 Å². The zero-order chi connectivity index (χ0) is 18.8. The number of benzene rings is 1. The van der Waals surface area contributed by atoms with Crippen molar-refractivity contribution >= 4 is 17.5 Å². The molecule has 0 fully saturated rings. The Bertz CT molecular complexity index is 857. The Labute approximate surface area is 152 Å². The largest absolute Gasteiger partial charge is 0.465 e. The van der Waals surface area contributed by atoms with Crippen LogP contribution >= 0.6 is 0 Å². The van der Waals surface area contributed by atoms with Crippen LogP contribution in [0.15, 0.2) is 29.3 Å². The molecule has 26 heavy (non-hydrogen) atoms. The number of carbonyl (C=O) groups excluding carboxylic acids is 1. The second kappa shape index (κ2) is 7.40. The van der Waals surface area contributed by atoms with Crippen molar-refractivity contribution in [3.8, 4) is 0 Å². The van der Waals surface area contributed by atoms with Gasteiger partial charge in [0.05, 0.1) is 12.3 Å². The highest BCUT2D eigenvalue weighted by atomic mass is 19.1. The summed E-state index contributed by atoms with van der Waals surface area (Å²) in [5.41, 5.74) is 3.22. The molecule has 6 heteroatoms. The number of halogens is 1. The second-order valence-electron chi connectivity index (χ2n) is 6.57. The SMILES string of the molecule is CCCc1nn(C)c2c1C(c1cccc(F)c1)C(C(=O)OCC)C(C)=N2. The summed E-state index contributed by atoms with van der Waals surface area (Å²) in [7, 11) is 1.85. The average Bonchev–Trinajstić information content (AvgIpc) is 2.90. The summed E-state index contributed by atoms with van der Waals surface area (Å²) >= 11 is 0. The van der Waals surface area contributed by atoms with Crippen molar-refractivity contribution in [1.82, 2.24) is 9.78 Å². The molecule has 5 nitrogen and oxygen atoms in total. The first-order valence-electron chi connectivity index (χ1n) is 9.00. The van der Waals surface area contributed by atoms with Gasteiger partial charge in [0.25, 0.3) is 0 Å². The monoisotopic (exact) mass is 357 g/mol. The van der Waals surface area contributed by atoms with Crippen molar-refractivity contribution in [3.05, 3.63) is 46.9 Å². The summed E-state index contributed by atoms with van der Waals surface area (Å²) in [6, 6.07) is 6.42. The molecule has 1 aromatic heterocycles. The van der Waals surface area contributed by atoms with E-state index in [1.165, 1.54) is 12.1 Å². The Kier molecular flexibility index (Phi) is 5.20. The summed E-state index contributed by atoms with van der Waals surface area (Å²) in [6.07, 6.45) is 1.70. The van der Waals surface area contributed by atoms with Crippen LogP contribution in [0.1, 0.15) is 49.9 Å². The van der Waals surface area contributed by atoms with Crippen molar-refractivity contribution in [2.45, 2.75) is 39.5 Å². The van der Waals surface area contributed by atoms with E-state index in [2.05, 4.69) is 17.0 Å². The van der Waals surface area contributed by atoms with Gasteiger partial charge in [-0.05, 0) is 38.0 Å². The topological polar surface area (TPSA) is 56.5 Å². The van der Waals surface area contributed by atoms with E-state index in [9.17, 15) is 9.18 Å². The molecule has 0 aliphatic carbocycles. The van der Waals surface area contributed by atoms with Crippen molar-refractivity contribution in [1.29, 1.82) is 0 Å². The zero-order valence-electron chi connectivity index (χ0n) is 15.6. The highest BCUT2D eigenvalue weighted by Crippen LogP contribution is 2.44. The van der Waals surface area contributed by atoms with Crippen LogP contribution in [-0.4, -0.2) is 28.1 Å². The van der Waals surface area contributed by atoms with Gasteiger partial charge in [-0.1, -0.05) is 25.5 Å². The molecule has 2 aromatic rings. The van der Waals surface area contributed by atoms with Crippen molar-refractivity contribution in [3.63, 3.8) is 0 Å². The van der Waals surface area contributed by atoms with Gasteiger partial charge in [0.2, 0.25) is 0 Å². The average molecular weight is 357 g/mol. The lowest BCUT2D eigenvalue weighted by Gasteiger charge is -2.30. The number of aliphatic imine (C=N–C) groups is 1. The van der Waals surface area contributed by atoms with E-state index in [1.807, 2.05) is 20.0 Å². The molecule has 2 atom stereocenters. The predicted octanol–water partition coefficient (Wildman–Crippen LogP) is 3.93. The Morgan fingerprint density at radius 2 is 2.12 bits per heavy atom. The van der Waals surface area contributed by atoms with Crippen LogP contribution in [-0.2, 0) is 23.0 Å². The van der Waals surface area contributed by atoms with Crippen LogP contribution in [0.3, 0.4) is 0 Å². The standard InChI is InChI=1S/C20H24FN3O2/c1-5-8-15-18-17(13-9-7-10-14(21)11-13)16(20(25)26-6-2)12(3)22-19(18)24(4)23-15/h7,9-11,16-17H,5-6,8H2,1-4H3. The summed E-state index contributed by atoms with van der Waals surface area (Å²) in [6.45, 7) is 5.98. The predicted molar refractivity (Wildman–Crippen MR) is 98.3 cm³/mol. The molecule has 138 valence electrons. The Morgan fingerprint density at radius 1 is 1.35 bits per heavy atom. The van der Waals surface area contributed by atoms with Gasteiger partial charge in [-0.15, -0.1) is 0 Å². The van der Waals surface area contributed by atoms with Crippen LogP contribution in [0, 0.1) is 11.7 Å². The molecule has 0 amide bonds.